The summed E-state index contributed by atoms with van der Waals surface area (Å²) in [6, 6.07) is 7.00. The third-order valence-electron chi connectivity index (χ3n) is 4.63. The average molecular weight is 331 g/mol. The molecule has 2 rings (SSSR count). The molecule has 0 bridgehead atoms. The molecule has 0 aromatic heterocycles. The number of allylic oxidation sites excluding steroid dienone is 1. The number of ether oxygens (including phenoxy) is 2. The molecule has 24 heavy (non-hydrogen) atoms. The molecule has 0 radical (unpaired) electrons. The molecular formula is C19H25NO4. The van der Waals surface area contributed by atoms with E-state index in [0.717, 1.165) is 17.7 Å². The number of ketones is 1. The number of carbonyl (C=O) groups excluding carboxylic acids is 2. The Morgan fingerprint density at radius 1 is 1.29 bits per heavy atom. The van der Waals surface area contributed by atoms with Crippen LogP contribution in [0.4, 0.5) is 0 Å². The molecule has 5 nitrogen and oxygen atoms in total. The van der Waals surface area contributed by atoms with Gasteiger partial charge in [-0.25, -0.2) is 4.79 Å². The highest BCUT2D eigenvalue weighted by Gasteiger charge is 2.36. The predicted octanol–water partition coefficient (Wildman–Crippen LogP) is 3.11. The van der Waals surface area contributed by atoms with Crippen LogP contribution in [-0.2, 0) is 14.3 Å². The number of hydrogen-bond acceptors (Lipinski definition) is 5. The molecule has 0 spiro atoms. The summed E-state index contributed by atoms with van der Waals surface area (Å²) in [5, 5.41) is 0. The molecular weight excluding hydrogens is 306 g/mol. The highest BCUT2D eigenvalue weighted by molar-refractivity contribution is 5.91. The van der Waals surface area contributed by atoms with Crippen molar-refractivity contribution in [3.63, 3.8) is 0 Å². The van der Waals surface area contributed by atoms with Crippen LogP contribution >= 0.6 is 0 Å². The summed E-state index contributed by atoms with van der Waals surface area (Å²) < 4.78 is 10.2. The van der Waals surface area contributed by atoms with Crippen LogP contribution in [0.25, 0.3) is 0 Å². The van der Waals surface area contributed by atoms with Crippen molar-refractivity contribution >= 4 is 11.8 Å². The van der Waals surface area contributed by atoms with Gasteiger partial charge in [0.1, 0.15) is 11.8 Å². The molecule has 1 aromatic carbocycles. The van der Waals surface area contributed by atoms with Crippen LogP contribution in [-0.4, -0.2) is 36.9 Å². The predicted molar refractivity (Wildman–Crippen MR) is 91.6 cm³/mol. The molecule has 0 N–H and O–H groups in total. The topological polar surface area (TPSA) is 55.8 Å². The van der Waals surface area contributed by atoms with Crippen molar-refractivity contribution in [2.24, 2.45) is 5.92 Å². The Morgan fingerprint density at radius 3 is 2.50 bits per heavy atom. The minimum atomic E-state index is -0.420. The minimum Gasteiger partial charge on any atom is -0.497 e. The van der Waals surface area contributed by atoms with Crippen LogP contribution in [0.3, 0.4) is 0 Å². The molecule has 130 valence electrons. The summed E-state index contributed by atoms with van der Waals surface area (Å²) in [6.07, 6.45) is 4.45. The number of nitrogens with zero attached hydrogens (tertiary/aromatic N) is 1. The van der Waals surface area contributed by atoms with E-state index in [9.17, 15) is 9.59 Å². The summed E-state index contributed by atoms with van der Waals surface area (Å²) in [6.45, 7) is 4.07. The smallest absolute Gasteiger partial charge is 0.328 e. The van der Waals surface area contributed by atoms with Crippen molar-refractivity contribution in [1.29, 1.82) is 0 Å². The lowest BCUT2D eigenvalue weighted by Crippen LogP contribution is -2.46. The van der Waals surface area contributed by atoms with Gasteiger partial charge in [-0.1, -0.05) is 32.4 Å². The first-order valence-corrected chi connectivity index (χ1v) is 8.22. The van der Waals surface area contributed by atoms with E-state index in [1.54, 1.807) is 19.4 Å². The largest absolute Gasteiger partial charge is 0.497 e. The number of hydrogen-bond donors (Lipinski definition) is 0. The number of rotatable bonds is 6. The van der Waals surface area contributed by atoms with Crippen molar-refractivity contribution in [3.05, 3.63) is 42.1 Å². The van der Waals surface area contributed by atoms with Crippen LogP contribution in [0.5, 0.6) is 5.75 Å². The summed E-state index contributed by atoms with van der Waals surface area (Å²) >= 11 is 0. The first-order chi connectivity index (χ1) is 11.5. The van der Waals surface area contributed by atoms with E-state index in [1.807, 2.05) is 43.0 Å². The van der Waals surface area contributed by atoms with E-state index in [-0.39, 0.29) is 23.7 Å². The Labute approximate surface area is 143 Å². The molecule has 0 aliphatic carbocycles. The first-order valence-electron chi connectivity index (χ1n) is 8.22. The fourth-order valence-corrected chi connectivity index (χ4v) is 3.03. The van der Waals surface area contributed by atoms with Gasteiger partial charge in [0.25, 0.3) is 0 Å². The third kappa shape index (κ3) is 3.78. The minimum absolute atomic E-state index is 0.0554. The number of benzene rings is 1. The summed E-state index contributed by atoms with van der Waals surface area (Å²) in [4.78, 5) is 26.3. The second kappa shape index (κ2) is 7.99. The van der Waals surface area contributed by atoms with Gasteiger partial charge in [-0.2, -0.15) is 0 Å². The molecule has 0 fully saturated rings. The molecule has 1 unspecified atom stereocenters. The van der Waals surface area contributed by atoms with Crippen LogP contribution in [0.15, 0.2) is 36.5 Å². The number of carbonyl (C=O) groups is 2. The lowest BCUT2D eigenvalue weighted by Gasteiger charge is -2.40. The lowest BCUT2D eigenvalue weighted by atomic mass is 9.90. The quantitative estimate of drug-likeness (QED) is 0.750. The van der Waals surface area contributed by atoms with E-state index in [2.05, 4.69) is 0 Å². The molecule has 1 aliphatic heterocycles. The molecule has 5 heteroatoms. The van der Waals surface area contributed by atoms with Crippen LogP contribution in [0.1, 0.15) is 38.3 Å². The highest BCUT2D eigenvalue weighted by atomic mass is 16.5. The maximum absolute atomic E-state index is 12.4. The van der Waals surface area contributed by atoms with Gasteiger partial charge in [0.15, 0.2) is 5.78 Å². The molecule has 1 heterocycles. The van der Waals surface area contributed by atoms with Crippen molar-refractivity contribution in [2.45, 2.75) is 38.8 Å². The molecule has 0 amide bonds. The average Bonchev–Trinajstić information content (AvgIpc) is 2.62. The van der Waals surface area contributed by atoms with Gasteiger partial charge in [0, 0.05) is 12.6 Å². The van der Waals surface area contributed by atoms with Crippen LogP contribution in [0.2, 0.25) is 0 Å². The fraction of sp³-hybridized carbons (Fsp3) is 0.474. The lowest BCUT2D eigenvalue weighted by molar-refractivity contribution is -0.149. The van der Waals surface area contributed by atoms with E-state index in [4.69, 9.17) is 9.47 Å². The Morgan fingerprint density at radius 2 is 1.96 bits per heavy atom. The summed E-state index contributed by atoms with van der Waals surface area (Å²) in [7, 11) is 3.02. The van der Waals surface area contributed by atoms with Gasteiger partial charge in [-0.3, -0.25) is 4.79 Å². The molecule has 1 aliphatic rings. The van der Waals surface area contributed by atoms with Crippen LogP contribution < -0.4 is 4.74 Å². The summed E-state index contributed by atoms with van der Waals surface area (Å²) in [5.41, 5.74) is 0.978. The van der Waals surface area contributed by atoms with Gasteiger partial charge in [0.2, 0.25) is 0 Å². The van der Waals surface area contributed by atoms with Crippen molar-refractivity contribution in [1.82, 2.24) is 4.90 Å². The maximum atomic E-state index is 12.4. The van der Waals surface area contributed by atoms with Crippen LogP contribution in [0, 0.1) is 5.92 Å². The van der Waals surface area contributed by atoms with E-state index in [1.165, 1.54) is 7.11 Å². The molecule has 0 saturated carbocycles. The second-order valence-corrected chi connectivity index (χ2v) is 6.08. The number of esters is 1. The maximum Gasteiger partial charge on any atom is 0.328 e. The Hall–Kier alpha value is -2.30. The Balaban J connectivity index is 2.40. The number of methoxy groups -OCH3 is 2. The fourth-order valence-electron chi connectivity index (χ4n) is 3.03. The van der Waals surface area contributed by atoms with Gasteiger partial charge in [-0.15, -0.1) is 0 Å². The van der Waals surface area contributed by atoms with Gasteiger partial charge in [-0.05, 0) is 29.7 Å². The first kappa shape index (κ1) is 18.0. The van der Waals surface area contributed by atoms with Crippen molar-refractivity contribution in [2.75, 3.05) is 14.2 Å². The third-order valence-corrected chi connectivity index (χ3v) is 4.63. The van der Waals surface area contributed by atoms with E-state index < -0.39 is 6.04 Å². The van der Waals surface area contributed by atoms with Crippen molar-refractivity contribution < 1.29 is 19.1 Å². The van der Waals surface area contributed by atoms with Crippen molar-refractivity contribution in [3.8, 4) is 5.75 Å². The van der Waals surface area contributed by atoms with E-state index >= 15 is 0 Å². The monoisotopic (exact) mass is 331 g/mol. The zero-order valence-corrected chi connectivity index (χ0v) is 14.7. The normalized spacial score (nSPS) is 19.8. The SMILES string of the molecule is CCC(C)[C@@H](C(=O)OC)N1C=CC(=O)C[C@H]1c1ccc(OC)cc1. The standard InChI is InChI=1S/C19H25NO4/c1-5-13(2)18(19(22)24-4)20-11-10-15(21)12-17(20)14-6-8-16(23-3)9-7-14/h6-11,13,17-18H,5,12H2,1-4H3/t13?,17-,18-/m0/s1. The van der Waals surface area contributed by atoms with Gasteiger partial charge in [0.05, 0.1) is 20.3 Å². The molecule has 0 saturated heterocycles. The Kier molecular flexibility index (Phi) is 6.01. The van der Waals surface area contributed by atoms with Gasteiger partial charge >= 0.3 is 5.97 Å². The molecule has 1 aromatic rings. The summed E-state index contributed by atoms with van der Waals surface area (Å²) in [5.74, 6) is 0.646. The zero-order valence-electron chi connectivity index (χ0n) is 14.7. The Bertz CT molecular complexity index is 608. The second-order valence-electron chi connectivity index (χ2n) is 6.08. The molecule has 3 atom stereocenters. The highest BCUT2D eigenvalue weighted by Crippen LogP contribution is 2.34. The van der Waals surface area contributed by atoms with E-state index in [0.29, 0.717) is 6.42 Å². The zero-order chi connectivity index (χ0) is 17.7. The van der Waals surface area contributed by atoms with Gasteiger partial charge < -0.3 is 14.4 Å².